The van der Waals surface area contributed by atoms with Crippen molar-refractivity contribution in [1.82, 2.24) is 15.5 Å². The highest BCUT2D eigenvalue weighted by Crippen LogP contribution is 2.05. The van der Waals surface area contributed by atoms with E-state index in [1.54, 1.807) is 12.1 Å². The average molecular weight is 336 g/mol. The molecule has 24 heavy (non-hydrogen) atoms. The Kier molecular flexibility index (Phi) is 7.98. The second-order valence-corrected chi connectivity index (χ2v) is 6.22. The van der Waals surface area contributed by atoms with E-state index in [0.717, 1.165) is 57.5 Å². The van der Waals surface area contributed by atoms with E-state index < -0.39 is 0 Å². The molecular weight excluding hydrogens is 307 g/mol. The van der Waals surface area contributed by atoms with Gasteiger partial charge in [0.1, 0.15) is 5.82 Å². The molecule has 134 valence electrons. The van der Waals surface area contributed by atoms with Crippen LogP contribution < -0.4 is 10.6 Å². The maximum atomic E-state index is 12.9. The summed E-state index contributed by atoms with van der Waals surface area (Å²) in [4.78, 5) is 7.01. The van der Waals surface area contributed by atoms with Gasteiger partial charge in [-0.3, -0.25) is 4.90 Å². The molecule has 0 spiro atoms. The molecule has 1 aliphatic heterocycles. The topological polar surface area (TPSA) is 48.9 Å². The van der Waals surface area contributed by atoms with Crippen LogP contribution in [0.5, 0.6) is 0 Å². The fraction of sp³-hybridized carbons (Fsp3) is 0.611. The molecule has 0 aromatic heterocycles. The fourth-order valence-electron chi connectivity index (χ4n) is 2.66. The number of halogens is 1. The molecule has 0 bridgehead atoms. The van der Waals surface area contributed by atoms with Crippen LogP contribution in [0.15, 0.2) is 29.3 Å². The van der Waals surface area contributed by atoms with Gasteiger partial charge in [-0.25, -0.2) is 9.38 Å². The monoisotopic (exact) mass is 336 g/mol. The normalized spacial score (nSPS) is 17.5. The molecule has 2 rings (SSSR count). The summed E-state index contributed by atoms with van der Waals surface area (Å²) in [5.41, 5.74) is 0.995. The number of aliphatic imine (C=N–C) groups is 1. The third-order valence-corrected chi connectivity index (χ3v) is 3.97. The molecule has 0 radical (unpaired) electrons. The van der Waals surface area contributed by atoms with Gasteiger partial charge in [-0.15, -0.1) is 0 Å². The van der Waals surface area contributed by atoms with Gasteiger partial charge in [0, 0.05) is 32.7 Å². The number of hydrogen-bond donors (Lipinski definition) is 2. The Morgan fingerprint density at radius 2 is 1.96 bits per heavy atom. The second-order valence-electron chi connectivity index (χ2n) is 6.22. The van der Waals surface area contributed by atoms with Crippen molar-refractivity contribution in [3.8, 4) is 0 Å². The Labute approximate surface area is 144 Å². The first kappa shape index (κ1) is 18.7. The number of guanidine groups is 1. The van der Waals surface area contributed by atoms with E-state index in [1.807, 2.05) is 6.92 Å². The molecule has 6 heteroatoms. The maximum absolute atomic E-state index is 12.9. The van der Waals surface area contributed by atoms with E-state index in [9.17, 15) is 4.39 Å². The van der Waals surface area contributed by atoms with Crippen LogP contribution in [0, 0.1) is 11.7 Å². The SMILES string of the molecule is CCNC(=NCc1ccc(F)cc1)NCC(C)CN1CCOCC1. The number of ether oxygens (including phenoxy) is 1. The van der Waals surface area contributed by atoms with Crippen LogP contribution in [0.2, 0.25) is 0 Å². The molecule has 1 aromatic rings. The molecule has 0 saturated carbocycles. The number of nitrogens with one attached hydrogen (secondary N) is 2. The van der Waals surface area contributed by atoms with Crippen LogP contribution in [-0.4, -0.2) is 56.8 Å². The molecule has 1 heterocycles. The van der Waals surface area contributed by atoms with Crippen LogP contribution in [0.1, 0.15) is 19.4 Å². The zero-order valence-corrected chi connectivity index (χ0v) is 14.7. The van der Waals surface area contributed by atoms with Crippen LogP contribution in [0.4, 0.5) is 4.39 Å². The highest BCUT2D eigenvalue weighted by atomic mass is 19.1. The summed E-state index contributed by atoms with van der Waals surface area (Å²) in [5, 5.41) is 6.65. The smallest absolute Gasteiger partial charge is 0.191 e. The van der Waals surface area contributed by atoms with E-state index in [2.05, 4.69) is 27.4 Å². The van der Waals surface area contributed by atoms with Crippen LogP contribution >= 0.6 is 0 Å². The second kappa shape index (κ2) is 10.3. The van der Waals surface area contributed by atoms with Crippen LogP contribution in [-0.2, 0) is 11.3 Å². The van der Waals surface area contributed by atoms with Crippen LogP contribution in [0.25, 0.3) is 0 Å². The zero-order valence-electron chi connectivity index (χ0n) is 14.7. The Morgan fingerprint density at radius 1 is 1.25 bits per heavy atom. The number of rotatable bonds is 7. The van der Waals surface area contributed by atoms with Crippen molar-refractivity contribution in [2.75, 3.05) is 45.9 Å². The van der Waals surface area contributed by atoms with Gasteiger partial charge in [0.25, 0.3) is 0 Å². The summed E-state index contributed by atoms with van der Waals surface area (Å²) in [6.45, 7) is 11.3. The number of morpholine rings is 1. The van der Waals surface area contributed by atoms with Crippen molar-refractivity contribution in [2.45, 2.75) is 20.4 Å². The molecule has 1 fully saturated rings. The van der Waals surface area contributed by atoms with Gasteiger partial charge in [0.15, 0.2) is 5.96 Å². The third kappa shape index (κ3) is 6.84. The fourth-order valence-corrected chi connectivity index (χ4v) is 2.66. The summed E-state index contributed by atoms with van der Waals surface area (Å²) in [6, 6.07) is 6.47. The number of benzene rings is 1. The lowest BCUT2D eigenvalue weighted by Gasteiger charge is -2.29. The molecule has 1 unspecified atom stereocenters. The van der Waals surface area contributed by atoms with E-state index in [1.165, 1.54) is 12.1 Å². The van der Waals surface area contributed by atoms with E-state index in [4.69, 9.17) is 4.74 Å². The average Bonchev–Trinajstić information content (AvgIpc) is 2.59. The summed E-state index contributed by atoms with van der Waals surface area (Å²) < 4.78 is 18.3. The van der Waals surface area contributed by atoms with Gasteiger partial charge in [0.05, 0.1) is 19.8 Å². The zero-order chi connectivity index (χ0) is 17.2. The Hall–Kier alpha value is -1.66. The predicted octanol–water partition coefficient (Wildman–Crippen LogP) is 1.85. The van der Waals surface area contributed by atoms with Gasteiger partial charge < -0.3 is 15.4 Å². The first-order valence-corrected chi connectivity index (χ1v) is 8.74. The first-order valence-electron chi connectivity index (χ1n) is 8.74. The van der Waals surface area contributed by atoms with Gasteiger partial charge in [-0.1, -0.05) is 19.1 Å². The summed E-state index contributed by atoms with van der Waals surface area (Å²) in [6.07, 6.45) is 0. The quantitative estimate of drug-likeness (QED) is 0.589. The van der Waals surface area contributed by atoms with Crippen molar-refractivity contribution >= 4 is 5.96 Å². The van der Waals surface area contributed by atoms with E-state index in [-0.39, 0.29) is 5.82 Å². The Balaban J connectivity index is 1.78. The lowest BCUT2D eigenvalue weighted by Crippen LogP contribution is -2.44. The molecule has 1 saturated heterocycles. The maximum Gasteiger partial charge on any atom is 0.191 e. The molecule has 0 amide bonds. The van der Waals surface area contributed by atoms with Crippen molar-refractivity contribution in [2.24, 2.45) is 10.9 Å². The van der Waals surface area contributed by atoms with Crippen molar-refractivity contribution < 1.29 is 9.13 Å². The summed E-state index contributed by atoms with van der Waals surface area (Å²) in [7, 11) is 0. The van der Waals surface area contributed by atoms with E-state index >= 15 is 0 Å². The lowest BCUT2D eigenvalue weighted by molar-refractivity contribution is 0.0320. The molecular formula is C18H29FN4O. The Bertz CT molecular complexity index is 500. The van der Waals surface area contributed by atoms with Crippen molar-refractivity contribution in [1.29, 1.82) is 0 Å². The highest BCUT2D eigenvalue weighted by Gasteiger charge is 2.13. The molecule has 1 atom stereocenters. The Morgan fingerprint density at radius 3 is 2.62 bits per heavy atom. The van der Waals surface area contributed by atoms with Gasteiger partial charge in [0.2, 0.25) is 0 Å². The molecule has 0 aliphatic carbocycles. The first-order chi connectivity index (χ1) is 11.7. The number of hydrogen-bond acceptors (Lipinski definition) is 3. The lowest BCUT2D eigenvalue weighted by atomic mass is 10.1. The van der Waals surface area contributed by atoms with E-state index in [0.29, 0.717) is 12.5 Å². The van der Waals surface area contributed by atoms with Gasteiger partial charge in [-0.05, 0) is 30.5 Å². The molecule has 1 aliphatic rings. The molecule has 5 nitrogen and oxygen atoms in total. The van der Waals surface area contributed by atoms with Gasteiger partial charge in [-0.2, -0.15) is 0 Å². The minimum atomic E-state index is -0.218. The minimum absolute atomic E-state index is 0.218. The standard InChI is InChI=1S/C18H29FN4O/c1-3-20-18(22-13-16-4-6-17(19)7-5-16)21-12-15(2)14-23-8-10-24-11-9-23/h4-7,15H,3,8-14H2,1-2H3,(H2,20,21,22). The molecule has 1 aromatic carbocycles. The predicted molar refractivity (Wildman–Crippen MR) is 95.6 cm³/mol. The number of nitrogens with zero attached hydrogens (tertiary/aromatic N) is 2. The van der Waals surface area contributed by atoms with Crippen molar-refractivity contribution in [3.05, 3.63) is 35.6 Å². The van der Waals surface area contributed by atoms with Crippen LogP contribution in [0.3, 0.4) is 0 Å². The highest BCUT2D eigenvalue weighted by molar-refractivity contribution is 5.79. The van der Waals surface area contributed by atoms with Gasteiger partial charge >= 0.3 is 0 Å². The molecule has 2 N–H and O–H groups in total. The minimum Gasteiger partial charge on any atom is -0.379 e. The summed E-state index contributed by atoms with van der Waals surface area (Å²) in [5.74, 6) is 1.11. The largest absolute Gasteiger partial charge is 0.379 e. The third-order valence-electron chi connectivity index (χ3n) is 3.97. The van der Waals surface area contributed by atoms with Crippen molar-refractivity contribution in [3.63, 3.8) is 0 Å². The summed E-state index contributed by atoms with van der Waals surface area (Å²) >= 11 is 0.